The van der Waals surface area contributed by atoms with Crippen LogP contribution in [0.25, 0.3) is 0 Å². The van der Waals surface area contributed by atoms with Gasteiger partial charge in [-0.3, -0.25) is 19.3 Å². The molecule has 4 saturated heterocycles. The van der Waals surface area contributed by atoms with Crippen molar-refractivity contribution in [1.82, 2.24) is 15.1 Å². The minimum Gasteiger partial charge on any atom is -0.466 e. The summed E-state index contributed by atoms with van der Waals surface area (Å²) in [6.45, 7) is 6.80. The second-order valence-electron chi connectivity index (χ2n) is 9.12. The quantitative estimate of drug-likeness (QED) is 0.227. The molecule has 4 rings (SSSR count). The number of alkyl halides is 1. The van der Waals surface area contributed by atoms with Gasteiger partial charge in [0, 0.05) is 49.4 Å². The van der Waals surface area contributed by atoms with E-state index in [0.717, 1.165) is 19.6 Å². The van der Waals surface area contributed by atoms with Crippen molar-refractivity contribution in [2.24, 2.45) is 11.8 Å². The lowest BCUT2D eigenvalue weighted by molar-refractivity contribution is -0.153. The monoisotopic (exact) mass is 547 g/mol. The van der Waals surface area contributed by atoms with E-state index in [4.69, 9.17) is 9.47 Å². The van der Waals surface area contributed by atoms with Gasteiger partial charge in [-0.2, -0.15) is 0 Å². The van der Waals surface area contributed by atoms with Crippen LogP contribution >= 0.6 is 27.7 Å². The number of nitrogens with zero attached hydrogens (tertiary/aromatic N) is 2. The van der Waals surface area contributed by atoms with Crippen LogP contribution in [0.5, 0.6) is 0 Å². The van der Waals surface area contributed by atoms with E-state index in [1.807, 2.05) is 0 Å². The number of hydrogen-bond acceptors (Lipinski definition) is 8. The number of esters is 1. The maximum absolute atomic E-state index is 13.7. The SMILES string of the molecule is CCOC(=O)[C@H]1[C@@H]2SC3(CC2Br)C(C(=O)NCCN2CCOCC2)N(CCCCO)C(=O)[C@H]13. The van der Waals surface area contributed by atoms with Crippen LogP contribution in [-0.2, 0) is 23.9 Å². The highest BCUT2D eigenvalue weighted by atomic mass is 79.9. The molecule has 0 aromatic heterocycles. The first-order valence-electron chi connectivity index (χ1n) is 11.9. The molecule has 9 nitrogen and oxygen atoms in total. The lowest BCUT2D eigenvalue weighted by Crippen LogP contribution is -2.55. The Hall–Kier alpha value is -0.880. The Balaban J connectivity index is 1.54. The summed E-state index contributed by atoms with van der Waals surface area (Å²) < 4.78 is 10.1. The summed E-state index contributed by atoms with van der Waals surface area (Å²) in [4.78, 5) is 44.1. The molecule has 0 aliphatic carbocycles. The number of thioether (sulfide) groups is 1. The number of carbonyl (C=O) groups excluding carboxylic acids is 3. The average molecular weight is 549 g/mol. The summed E-state index contributed by atoms with van der Waals surface area (Å²) in [5.74, 6) is -1.73. The van der Waals surface area contributed by atoms with Gasteiger partial charge in [0.2, 0.25) is 11.8 Å². The van der Waals surface area contributed by atoms with Gasteiger partial charge in [-0.25, -0.2) is 0 Å². The second kappa shape index (κ2) is 10.8. The first kappa shape index (κ1) is 25.2. The van der Waals surface area contributed by atoms with Crippen LogP contribution in [0, 0.1) is 11.8 Å². The molecule has 0 aromatic carbocycles. The number of halogens is 1. The molecule has 6 atom stereocenters. The third-order valence-corrected chi connectivity index (χ3v) is 10.5. The van der Waals surface area contributed by atoms with E-state index < -0.39 is 22.6 Å². The number of aliphatic hydroxyl groups excluding tert-OH is 1. The minimum atomic E-state index is -0.643. The van der Waals surface area contributed by atoms with E-state index in [-0.39, 0.29) is 41.1 Å². The van der Waals surface area contributed by atoms with E-state index in [1.54, 1.807) is 23.6 Å². The topological polar surface area (TPSA) is 108 Å². The zero-order chi connectivity index (χ0) is 23.6. The molecule has 33 heavy (non-hydrogen) atoms. The third kappa shape index (κ3) is 4.68. The normalized spacial score (nSPS) is 35.7. The van der Waals surface area contributed by atoms with Crippen molar-refractivity contribution >= 4 is 45.5 Å². The van der Waals surface area contributed by atoms with Gasteiger partial charge in [-0.05, 0) is 26.2 Å². The number of carbonyl (C=O) groups is 3. The summed E-state index contributed by atoms with van der Waals surface area (Å²) in [5, 5.41) is 12.2. The molecule has 1 spiro atoms. The Kier molecular flexibility index (Phi) is 8.26. The van der Waals surface area contributed by atoms with Crippen LogP contribution in [0.3, 0.4) is 0 Å². The van der Waals surface area contributed by atoms with Crippen LogP contribution < -0.4 is 5.32 Å². The molecule has 4 aliphatic heterocycles. The van der Waals surface area contributed by atoms with Gasteiger partial charge < -0.3 is 24.8 Å². The zero-order valence-corrected chi connectivity index (χ0v) is 21.4. The van der Waals surface area contributed by atoms with Crippen molar-refractivity contribution in [3.05, 3.63) is 0 Å². The van der Waals surface area contributed by atoms with E-state index in [2.05, 4.69) is 26.1 Å². The predicted octanol–water partition coefficient (Wildman–Crippen LogP) is 0.235. The highest BCUT2D eigenvalue weighted by Gasteiger charge is 2.75. The summed E-state index contributed by atoms with van der Waals surface area (Å²) in [5.41, 5.74) is 0. The van der Waals surface area contributed by atoms with Gasteiger partial charge in [0.15, 0.2) is 0 Å². The van der Waals surface area contributed by atoms with Crippen molar-refractivity contribution in [2.45, 2.75) is 47.1 Å². The molecule has 2 bridgehead atoms. The number of nitrogens with one attached hydrogen (secondary N) is 1. The Labute approximate surface area is 207 Å². The van der Waals surface area contributed by atoms with Gasteiger partial charge in [-0.15, -0.1) is 11.8 Å². The average Bonchev–Trinajstić information content (AvgIpc) is 3.38. The summed E-state index contributed by atoms with van der Waals surface area (Å²) >= 11 is 5.35. The summed E-state index contributed by atoms with van der Waals surface area (Å²) in [6.07, 6.45) is 1.83. The van der Waals surface area contributed by atoms with Crippen LogP contribution in [0.1, 0.15) is 26.2 Å². The first-order chi connectivity index (χ1) is 15.9. The number of hydrogen-bond donors (Lipinski definition) is 2. The molecule has 3 unspecified atom stereocenters. The second-order valence-corrected chi connectivity index (χ2v) is 11.8. The lowest BCUT2D eigenvalue weighted by atomic mass is 9.71. The minimum absolute atomic E-state index is 0.0404. The fourth-order valence-corrected chi connectivity index (χ4v) is 9.43. The summed E-state index contributed by atoms with van der Waals surface area (Å²) in [6, 6.07) is -0.632. The van der Waals surface area contributed by atoms with Gasteiger partial charge in [0.05, 0.1) is 36.4 Å². The molecule has 0 radical (unpaired) electrons. The summed E-state index contributed by atoms with van der Waals surface area (Å²) in [7, 11) is 0. The van der Waals surface area contributed by atoms with Gasteiger partial charge in [0.1, 0.15) is 6.04 Å². The van der Waals surface area contributed by atoms with Crippen molar-refractivity contribution in [3.63, 3.8) is 0 Å². The van der Waals surface area contributed by atoms with E-state index in [1.165, 1.54) is 0 Å². The molecular weight excluding hydrogens is 514 g/mol. The standard InChI is InChI=1S/C22H34BrN3O6S/c1-2-32-21(30)15-16-20(29)26(6-3-4-10-27)18(22(16)13-14(23)17(15)33-22)19(28)24-5-7-25-8-11-31-12-9-25/h14-18,27H,2-13H2,1H3,(H,24,28)/t14?,15-,16+,17-,18?,22?/m1/s1. The Morgan fingerprint density at radius 2 is 2.06 bits per heavy atom. The molecule has 2 amide bonds. The highest BCUT2D eigenvalue weighted by molar-refractivity contribution is 9.09. The van der Waals surface area contributed by atoms with E-state index in [9.17, 15) is 19.5 Å². The largest absolute Gasteiger partial charge is 0.466 e. The first-order valence-corrected chi connectivity index (χ1v) is 13.7. The van der Waals surface area contributed by atoms with Gasteiger partial charge >= 0.3 is 5.97 Å². The molecule has 2 N–H and O–H groups in total. The smallest absolute Gasteiger partial charge is 0.310 e. The molecule has 4 aliphatic rings. The highest BCUT2D eigenvalue weighted by Crippen LogP contribution is 2.67. The maximum atomic E-state index is 13.7. The van der Waals surface area contributed by atoms with E-state index >= 15 is 0 Å². The number of rotatable bonds is 10. The Morgan fingerprint density at radius 1 is 1.30 bits per heavy atom. The Bertz CT molecular complexity index is 754. The number of ether oxygens (including phenoxy) is 2. The predicted molar refractivity (Wildman–Crippen MR) is 127 cm³/mol. The molecule has 0 saturated carbocycles. The molecule has 11 heteroatoms. The number of unbranched alkanes of at least 4 members (excludes halogenated alkanes) is 1. The van der Waals surface area contributed by atoms with Crippen LogP contribution in [-0.4, -0.2) is 113 Å². The Morgan fingerprint density at radius 3 is 2.76 bits per heavy atom. The van der Waals surface area contributed by atoms with Crippen LogP contribution in [0.4, 0.5) is 0 Å². The molecule has 4 heterocycles. The van der Waals surface area contributed by atoms with Crippen LogP contribution in [0.2, 0.25) is 0 Å². The van der Waals surface area contributed by atoms with Gasteiger partial charge in [0.25, 0.3) is 0 Å². The van der Waals surface area contributed by atoms with Gasteiger partial charge in [-0.1, -0.05) is 15.9 Å². The molecular formula is C22H34BrN3O6S. The number of aliphatic hydroxyl groups is 1. The number of morpholine rings is 1. The van der Waals surface area contributed by atoms with Crippen molar-refractivity contribution < 1.29 is 29.0 Å². The number of fused-ring (bicyclic) bond motifs is 1. The third-order valence-electron chi connectivity index (χ3n) is 7.23. The van der Waals surface area contributed by atoms with Crippen LogP contribution in [0.15, 0.2) is 0 Å². The molecule has 4 fully saturated rings. The lowest BCUT2D eigenvalue weighted by Gasteiger charge is -2.35. The molecule has 186 valence electrons. The number of likely N-dealkylation sites (tertiary alicyclic amines) is 1. The fraction of sp³-hybridized carbons (Fsp3) is 0.864. The zero-order valence-electron chi connectivity index (χ0n) is 19.0. The van der Waals surface area contributed by atoms with E-state index in [0.29, 0.717) is 45.6 Å². The van der Waals surface area contributed by atoms with Crippen molar-refractivity contribution in [2.75, 3.05) is 59.2 Å². The van der Waals surface area contributed by atoms with Crippen molar-refractivity contribution in [1.29, 1.82) is 0 Å². The van der Waals surface area contributed by atoms with Crippen molar-refractivity contribution in [3.8, 4) is 0 Å². The fourth-order valence-electron chi connectivity index (χ4n) is 5.83. The number of amides is 2. The maximum Gasteiger partial charge on any atom is 0.310 e. The molecule has 0 aromatic rings.